The van der Waals surface area contributed by atoms with E-state index in [1.54, 1.807) is 13.0 Å². The van der Waals surface area contributed by atoms with E-state index in [1.165, 1.54) is 6.07 Å². The quantitative estimate of drug-likeness (QED) is 0.452. The number of carbonyl (C=O) groups excluding carboxylic acids is 1. The van der Waals surface area contributed by atoms with Crippen LogP contribution in [-0.4, -0.2) is 12.6 Å². The van der Waals surface area contributed by atoms with Crippen LogP contribution in [0.25, 0.3) is 0 Å². The highest BCUT2D eigenvalue weighted by atomic mass is 127. The number of hydrogen-bond donors (Lipinski definition) is 0. The van der Waals surface area contributed by atoms with Crippen LogP contribution in [0, 0.1) is 9.39 Å². The highest BCUT2D eigenvalue weighted by molar-refractivity contribution is 14.1. The second-order valence-corrected chi connectivity index (χ2v) is 4.41. The molecule has 0 bridgehead atoms. The molecule has 0 N–H and O–H groups in total. The summed E-state index contributed by atoms with van der Waals surface area (Å²) in [5, 5.41) is 0. The Bertz CT molecular complexity index is 345. The lowest BCUT2D eigenvalue weighted by Gasteiger charge is -2.04. The molecule has 0 aliphatic rings. The fourth-order valence-electron chi connectivity index (χ4n) is 0.888. The fourth-order valence-corrected chi connectivity index (χ4v) is 1.64. The van der Waals surface area contributed by atoms with E-state index in [-0.39, 0.29) is 12.2 Å². The van der Waals surface area contributed by atoms with Gasteiger partial charge in [-0.25, -0.2) is 9.18 Å². The molecule has 0 unspecified atom stereocenters. The molecule has 5 heteroatoms. The van der Waals surface area contributed by atoms with Crippen molar-refractivity contribution in [2.75, 3.05) is 6.61 Å². The Morgan fingerprint density at radius 3 is 2.79 bits per heavy atom. The number of rotatable bonds is 2. The summed E-state index contributed by atoms with van der Waals surface area (Å²) in [7, 11) is 0. The molecule has 0 aromatic heterocycles. The molecule has 0 fully saturated rings. The van der Waals surface area contributed by atoms with E-state index in [0.717, 1.165) is 0 Å². The largest absolute Gasteiger partial charge is 0.462 e. The summed E-state index contributed by atoms with van der Waals surface area (Å²) in [5.41, 5.74) is 0.219. The zero-order valence-electron chi connectivity index (χ0n) is 7.31. The van der Waals surface area contributed by atoms with Gasteiger partial charge in [-0.1, -0.05) is 0 Å². The molecule has 76 valence electrons. The maximum absolute atomic E-state index is 13.2. The Morgan fingerprint density at radius 2 is 2.29 bits per heavy atom. The first-order valence-corrected chi connectivity index (χ1v) is 5.75. The first kappa shape index (κ1) is 11.9. The van der Waals surface area contributed by atoms with Crippen molar-refractivity contribution < 1.29 is 13.9 Å². The van der Waals surface area contributed by atoms with E-state index in [9.17, 15) is 9.18 Å². The average Bonchev–Trinajstić information content (AvgIpc) is 2.13. The van der Waals surface area contributed by atoms with Crippen molar-refractivity contribution in [2.45, 2.75) is 6.92 Å². The maximum atomic E-state index is 13.2. The molecule has 0 aliphatic carbocycles. The molecule has 0 saturated heterocycles. The van der Waals surface area contributed by atoms with Crippen LogP contribution in [0.5, 0.6) is 0 Å². The minimum Gasteiger partial charge on any atom is -0.462 e. The van der Waals surface area contributed by atoms with Gasteiger partial charge in [-0.2, -0.15) is 0 Å². The molecule has 1 aromatic rings. The van der Waals surface area contributed by atoms with Gasteiger partial charge in [0, 0.05) is 4.47 Å². The zero-order chi connectivity index (χ0) is 10.7. The molecule has 0 radical (unpaired) electrons. The van der Waals surface area contributed by atoms with Crippen LogP contribution in [0.2, 0.25) is 0 Å². The van der Waals surface area contributed by atoms with Crippen molar-refractivity contribution in [1.29, 1.82) is 0 Å². The summed E-state index contributed by atoms with van der Waals surface area (Å²) in [4.78, 5) is 11.2. The summed E-state index contributed by atoms with van der Waals surface area (Å²) in [6.45, 7) is 1.99. The molecule has 0 amide bonds. The Morgan fingerprint density at radius 1 is 1.64 bits per heavy atom. The molecule has 0 heterocycles. The third kappa shape index (κ3) is 2.66. The third-order valence-corrected chi connectivity index (χ3v) is 3.96. The van der Waals surface area contributed by atoms with Gasteiger partial charge in [0.05, 0.1) is 15.7 Å². The minimum absolute atomic E-state index is 0.219. The van der Waals surface area contributed by atoms with Crippen molar-refractivity contribution in [3.8, 4) is 0 Å². The Balaban J connectivity index is 3.06. The summed E-state index contributed by atoms with van der Waals surface area (Å²) in [6, 6.07) is 2.72. The van der Waals surface area contributed by atoms with Gasteiger partial charge in [-0.15, -0.1) is 0 Å². The number of halogens is 3. The van der Waals surface area contributed by atoms with Gasteiger partial charge in [0.25, 0.3) is 0 Å². The molecule has 0 saturated carbocycles. The molecule has 0 atom stereocenters. The SMILES string of the molecule is CCOC(=O)c1cc(F)c(I)c(Br)c1. The smallest absolute Gasteiger partial charge is 0.338 e. The minimum atomic E-state index is -0.511. The summed E-state index contributed by atoms with van der Waals surface area (Å²) >= 11 is 5.02. The second kappa shape index (κ2) is 5.06. The normalized spacial score (nSPS) is 10.0. The highest BCUT2D eigenvalue weighted by Crippen LogP contribution is 2.24. The Hall–Kier alpha value is -0.170. The number of ether oxygens (including phenoxy) is 1. The maximum Gasteiger partial charge on any atom is 0.338 e. The Labute approximate surface area is 103 Å². The number of hydrogen-bond acceptors (Lipinski definition) is 2. The van der Waals surface area contributed by atoms with Crippen molar-refractivity contribution >= 4 is 44.5 Å². The van der Waals surface area contributed by atoms with Crippen LogP contribution < -0.4 is 0 Å². The first-order chi connectivity index (χ1) is 6.56. The van der Waals surface area contributed by atoms with Gasteiger partial charge in [0.2, 0.25) is 0 Å². The fraction of sp³-hybridized carbons (Fsp3) is 0.222. The van der Waals surface area contributed by atoms with Crippen LogP contribution in [0.3, 0.4) is 0 Å². The number of benzene rings is 1. The van der Waals surface area contributed by atoms with E-state index in [2.05, 4.69) is 15.9 Å². The van der Waals surface area contributed by atoms with Crippen molar-refractivity contribution in [3.05, 3.63) is 31.6 Å². The van der Waals surface area contributed by atoms with Gasteiger partial charge in [0.1, 0.15) is 5.82 Å². The van der Waals surface area contributed by atoms with Gasteiger partial charge in [-0.05, 0) is 57.6 Å². The summed E-state index contributed by atoms with van der Waals surface area (Å²) in [6.07, 6.45) is 0. The molecule has 0 spiro atoms. The van der Waals surface area contributed by atoms with Gasteiger partial charge >= 0.3 is 5.97 Å². The lowest BCUT2D eigenvalue weighted by atomic mass is 10.2. The molecule has 0 aliphatic heterocycles. The van der Waals surface area contributed by atoms with E-state index in [4.69, 9.17) is 4.74 Å². The van der Waals surface area contributed by atoms with E-state index in [1.807, 2.05) is 22.6 Å². The monoisotopic (exact) mass is 372 g/mol. The van der Waals surface area contributed by atoms with E-state index < -0.39 is 11.8 Å². The average molecular weight is 373 g/mol. The van der Waals surface area contributed by atoms with Crippen LogP contribution in [-0.2, 0) is 4.74 Å². The molecule has 14 heavy (non-hydrogen) atoms. The second-order valence-electron chi connectivity index (χ2n) is 2.47. The first-order valence-electron chi connectivity index (χ1n) is 3.88. The molecular weight excluding hydrogens is 366 g/mol. The third-order valence-electron chi connectivity index (χ3n) is 1.49. The number of carbonyl (C=O) groups is 1. The van der Waals surface area contributed by atoms with Crippen molar-refractivity contribution in [3.63, 3.8) is 0 Å². The standard InChI is InChI=1S/C9H7BrFIO2/c1-2-14-9(13)5-3-6(10)8(12)7(11)4-5/h3-4H,2H2,1H3. The molecular formula is C9H7BrFIO2. The van der Waals surface area contributed by atoms with E-state index in [0.29, 0.717) is 8.04 Å². The summed E-state index contributed by atoms with van der Waals surface area (Å²) < 4.78 is 19.0. The predicted octanol–water partition coefficient (Wildman–Crippen LogP) is 3.37. The summed E-state index contributed by atoms with van der Waals surface area (Å²) in [5.74, 6) is -0.938. The van der Waals surface area contributed by atoms with Crippen molar-refractivity contribution in [2.24, 2.45) is 0 Å². The van der Waals surface area contributed by atoms with Crippen LogP contribution >= 0.6 is 38.5 Å². The van der Waals surface area contributed by atoms with Crippen molar-refractivity contribution in [1.82, 2.24) is 0 Å². The topological polar surface area (TPSA) is 26.3 Å². The van der Waals surface area contributed by atoms with Gasteiger partial charge in [-0.3, -0.25) is 0 Å². The van der Waals surface area contributed by atoms with Crippen LogP contribution in [0.15, 0.2) is 16.6 Å². The lowest BCUT2D eigenvalue weighted by molar-refractivity contribution is 0.0525. The molecule has 1 rings (SSSR count). The van der Waals surface area contributed by atoms with Gasteiger partial charge in [0.15, 0.2) is 0 Å². The van der Waals surface area contributed by atoms with Crippen LogP contribution in [0.4, 0.5) is 4.39 Å². The number of esters is 1. The zero-order valence-corrected chi connectivity index (χ0v) is 11.1. The Kier molecular flexibility index (Phi) is 4.31. The predicted molar refractivity (Wildman–Crippen MR) is 62.8 cm³/mol. The lowest BCUT2D eigenvalue weighted by Crippen LogP contribution is -2.05. The van der Waals surface area contributed by atoms with E-state index >= 15 is 0 Å². The molecule has 2 nitrogen and oxygen atoms in total. The molecule has 1 aromatic carbocycles. The van der Waals surface area contributed by atoms with Gasteiger partial charge < -0.3 is 4.74 Å². The highest BCUT2D eigenvalue weighted by Gasteiger charge is 2.12. The van der Waals surface area contributed by atoms with Crippen LogP contribution in [0.1, 0.15) is 17.3 Å².